The summed E-state index contributed by atoms with van der Waals surface area (Å²) in [6, 6.07) is 22.9. The van der Waals surface area contributed by atoms with Gasteiger partial charge in [-0.3, -0.25) is 4.79 Å². The quantitative estimate of drug-likeness (QED) is 0.214. The van der Waals surface area contributed by atoms with Crippen molar-refractivity contribution in [2.75, 3.05) is 0 Å². The fourth-order valence-electron chi connectivity index (χ4n) is 4.96. The number of aromatic nitrogens is 1. The molecule has 0 spiro atoms. The number of pyridine rings is 1. The van der Waals surface area contributed by atoms with E-state index in [2.05, 4.69) is 0 Å². The molecule has 2 fully saturated rings. The average molecular weight is 504 g/mol. The summed E-state index contributed by atoms with van der Waals surface area (Å²) < 4.78 is 33.4. The van der Waals surface area contributed by atoms with Crippen molar-refractivity contribution in [3.8, 4) is 0 Å². The fraction of sp³-hybridized carbons (Fsp3) is 0.250. The predicted molar refractivity (Wildman–Crippen MR) is 133 cm³/mol. The largest absolute Gasteiger partial charge is 0.451 e. The average Bonchev–Trinajstić information content (AvgIpc) is 3.03. The van der Waals surface area contributed by atoms with Gasteiger partial charge in [0.25, 0.3) is 0 Å². The zero-order valence-electron chi connectivity index (χ0n) is 19.8. The highest BCUT2D eigenvalue weighted by molar-refractivity contribution is 7.94. The molecule has 7 nitrogen and oxygen atoms in total. The van der Waals surface area contributed by atoms with Crippen molar-refractivity contribution < 1.29 is 27.3 Å². The maximum Gasteiger partial charge on any atom is 0.331 e. The summed E-state index contributed by atoms with van der Waals surface area (Å²) in [4.78, 5) is 27.5. The van der Waals surface area contributed by atoms with Gasteiger partial charge in [0.15, 0.2) is 40.9 Å². The van der Waals surface area contributed by atoms with Gasteiger partial charge in [0, 0.05) is 12.1 Å². The third kappa shape index (κ3) is 4.01. The predicted octanol–water partition coefficient (Wildman–Crippen LogP) is 2.98. The first-order chi connectivity index (χ1) is 17.3. The number of nitrogens with zero attached hydrogens (tertiary/aromatic N) is 2. The Bertz CT molecular complexity index is 1350. The van der Waals surface area contributed by atoms with E-state index >= 15 is 0 Å². The Morgan fingerprint density at radius 2 is 1.58 bits per heavy atom. The van der Waals surface area contributed by atoms with E-state index in [9.17, 15) is 18.0 Å². The van der Waals surface area contributed by atoms with Gasteiger partial charge in [-0.1, -0.05) is 72.8 Å². The van der Waals surface area contributed by atoms with E-state index in [1.165, 1.54) is 11.8 Å². The lowest BCUT2D eigenvalue weighted by Gasteiger charge is -2.36. The summed E-state index contributed by atoms with van der Waals surface area (Å²) in [7, 11) is -3.87. The number of amides is 1. The molecule has 3 heterocycles. The Kier molecular flexibility index (Phi) is 6.22. The molecule has 2 aliphatic rings. The number of fused-ring (bicyclic) bond motifs is 1. The molecule has 0 aliphatic carbocycles. The van der Waals surface area contributed by atoms with E-state index < -0.39 is 38.1 Å². The van der Waals surface area contributed by atoms with Gasteiger partial charge in [-0.05, 0) is 24.1 Å². The van der Waals surface area contributed by atoms with Crippen molar-refractivity contribution in [1.29, 1.82) is 0 Å². The van der Waals surface area contributed by atoms with Crippen LogP contribution in [0.1, 0.15) is 30.6 Å². The zero-order valence-corrected chi connectivity index (χ0v) is 20.6. The summed E-state index contributed by atoms with van der Waals surface area (Å²) in [5, 5.41) is -1.02. The smallest absolute Gasteiger partial charge is 0.331 e. The third-order valence-corrected chi connectivity index (χ3v) is 9.64. The number of benzene rings is 2. The van der Waals surface area contributed by atoms with Crippen LogP contribution in [0.2, 0.25) is 0 Å². The normalized spacial score (nSPS) is 24.5. The van der Waals surface area contributed by atoms with E-state index in [0.29, 0.717) is 6.54 Å². The van der Waals surface area contributed by atoms with E-state index in [-0.39, 0.29) is 12.3 Å². The molecule has 0 bridgehead atoms. The van der Waals surface area contributed by atoms with Crippen molar-refractivity contribution in [3.63, 3.8) is 0 Å². The molecule has 2 aliphatic heterocycles. The number of hydrogen-bond donors (Lipinski definition) is 0. The first-order valence-corrected chi connectivity index (χ1v) is 13.3. The molecule has 36 heavy (non-hydrogen) atoms. The maximum absolute atomic E-state index is 13.8. The lowest BCUT2D eigenvalue weighted by atomic mass is 9.95. The summed E-state index contributed by atoms with van der Waals surface area (Å²) in [5.41, 5.74) is 1.50. The van der Waals surface area contributed by atoms with Crippen LogP contribution in [-0.4, -0.2) is 41.4 Å². The Hall–Kier alpha value is -3.78. The van der Waals surface area contributed by atoms with Crippen molar-refractivity contribution >= 4 is 21.7 Å². The first-order valence-electron chi connectivity index (χ1n) is 11.8. The van der Waals surface area contributed by atoms with Gasteiger partial charge in [-0.2, -0.15) is 0 Å². The molecule has 0 N–H and O–H groups in total. The highest BCUT2D eigenvalue weighted by Gasteiger charge is 2.69. The Labute approximate surface area is 210 Å². The Morgan fingerprint density at radius 3 is 2.14 bits per heavy atom. The summed E-state index contributed by atoms with van der Waals surface area (Å²) in [6.45, 7) is 1.93. The van der Waals surface area contributed by atoms with Crippen LogP contribution in [0.3, 0.4) is 0 Å². The summed E-state index contributed by atoms with van der Waals surface area (Å²) in [5.74, 6) is -1.11. The SMILES string of the molecule is C[C@]1(/C=C/C[n+]2ccccc2)[C@H](C(=O)OC(c2ccccc2)c2ccccc2)N2C(=O)C[C@H]2S1(=O)=O. The summed E-state index contributed by atoms with van der Waals surface area (Å²) >= 11 is 0. The van der Waals surface area contributed by atoms with E-state index in [1.54, 1.807) is 12.2 Å². The van der Waals surface area contributed by atoms with Crippen LogP contribution in [0.5, 0.6) is 0 Å². The van der Waals surface area contributed by atoms with Crippen LogP contribution in [-0.2, 0) is 30.7 Å². The second-order valence-corrected chi connectivity index (χ2v) is 11.7. The molecule has 1 amide bonds. The van der Waals surface area contributed by atoms with Gasteiger partial charge in [-0.25, -0.2) is 17.8 Å². The number of carbonyl (C=O) groups is 2. The molecule has 8 heteroatoms. The van der Waals surface area contributed by atoms with Crippen molar-refractivity contribution in [2.45, 2.75) is 42.2 Å². The number of ether oxygens (including phenoxy) is 1. The number of rotatable bonds is 7. The second-order valence-electron chi connectivity index (χ2n) is 9.20. The molecule has 0 radical (unpaired) electrons. The second kappa shape index (κ2) is 9.35. The molecule has 1 aromatic heterocycles. The molecule has 3 aromatic rings. The van der Waals surface area contributed by atoms with Gasteiger partial charge in [0.05, 0.1) is 6.42 Å². The lowest BCUT2D eigenvalue weighted by molar-refractivity contribution is -0.687. The maximum atomic E-state index is 13.8. The number of β-lactam (4-membered cyclic amide) rings is 1. The highest BCUT2D eigenvalue weighted by Crippen LogP contribution is 2.47. The molecule has 5 rings (SSSR count). The van der Waals surface area contributed by atoms with Crippen LogP contribution in [0.25, 0.3) is 0 Å². The van der Waals surface area contributed by atoms with Gasteiger partial charge in [0.2, 0.25) is 5.91 Å². The van der Waals surface area contributed by atoms with Gasteiger partial charge in [0.1, 0.15) is 10.1 Å². The van der Waals surface area contributed by atoms with Crippen LogP contribution in [0, 0.1) is 0 Å². The number of hydrogen-bond acceptors (Lipinski definition) is 5. The number of allylic oxidation sites excluding steroid dienone is 1. The number of sulfone groups is 1. The topological polar surface area (TPSA) is 84.6 Å². The van der Waals surface area contributed by atoms with Crippen LogP contribution < -0.4 is 4.57 Å². The molecular weight excluding hydrogens is 476 g/mol. The molecule has 184 valence electrons. The monoisotopic (exact) mass is 503 g/mol. The minimum absolute atomic E-state index is 0.121. The van der Waals surface area contributed by atoms with Crippen LogP contribution >= 0.6 is 0 Å². The minimum atomic E-state index is -3.87. The van der Waals surface area contributed by atoms with Crippen LogP contribution in [0.15, 0.2) is 103 Å². The van der Waals surface area contributed by atoms with Gasteiger partial charge in [-0.15, -0.1) is 0 Å². The minimum Gasteiger partial charge on any atom is -0.451 e. The third-order valence-electron chi connectivity index (χ3n) is 6.94. The fourth-order valence-corrected chi connectivity index (χ4v) is 7.25. The molecule has 2 saturated heterocycles. The van der Waals surface area contributed by atoms with Crippen molar-refractivity contribution in [1.82, 2.24) is 4.90 Å². The first kappa shape index (κ1) is 23.9. The van der Waals surface area contributed by atoms with Crippen molar-refractivity contribution in [3.05, 3.63) is 115 Å². The van der Waals surface area contributed by atoms with Gasteiger partial charge >= 0.3 is 5.97 Å². The van der Waals surface area contributed by atoms with Crippen molar-refractivity contribution in [2.24, 2.45) is 0 Å². The molecular formula is C28H27N2O5S+. The molecule has 0 unspecified atom stereocenters. The van der Waals surface area contributed by atoms with Gasteiger partial charge < -0.3 is 9.64 Å². The highest BCUT2D eigenvalue weighted by atomic mass is 32.2. The van der Waals surface area contributed by atoms with E-state index in [0.717, 1.165) is 11.1 Å². The number of carbonyl (C=O) groups excluding carboxylic acids is 2. The molecule has 2 aromatic carbocycles. The molecule has 3 atom stereocenters. The van der Waals surface area contributed by atoms with Crippen LogP contribution in [0.4, 0.5) is 0 Å². The molecule has 0 saturated carbocycles. The standard InChI is InChI=1S/C28H27N2O5S/c1-28(16-11-19-29-17-9-4-10-18-29)26(30-23(31)20-24(30)36(28,33)34)27(32)35-25(21-12-5-2-6-13-21)22-14-7-3-8-15-22/h2-18,24-26H,19-20H2,1H3/q+1/b16-11+/t24-,26+,28+/m1/s1. The Balaban J connectivity index is 1.49. The Morgan fingerprint density at radius 1 is 1.03 bits per heavy atom. The lowest BCUT2D eigenvalue weighted by Crippen LogP contribution is -2.57. The number of esters is 1. The van der Waals surface area contributed by atoms with E-state index in [4.69, 9.17) is 4.74 Å². The van der Waals surface area contributed by atoms with E-state index in [1.807, 2.05) is 95.8 Å². The zero-order chi connectivity index (χ0) is 25.3. The summed E-state index contributed by atoms with van der Waals surface area (Å²) in [6.07, 6.45) is 6.13.